The van der Waals surface area contributed by atoms with E-state index in [1.54, 1.807) is 19.2 Å². The lowest BCUT2D eigenvalue weighted by molar-refractivity contribution is 0.0791. The second kappa shape index (κ2) is 6.41. The van der Waals surface area contributed by atoms with E-state index in [1.807, 2.05) is 29.2 Å². The summed E-state index contributed by atoms with van der Waals surface area (Å²) in [7, 11) is 1.66. The second-order valence-corrected chi connectivity index (χ2v) is 5.90. The minimum Gasteiger partial charge on any atom is -0.497 e. The van der Waals surface area contributed by atoms with Gasteiger partial charge in [0.15, 0.2) is 0 Å². The quantitative estimate of drug-likeness (QED) is 0.857. The summed E-state index contributed by atoms with van der Waals surface area (Å²) in [6.45, 7) is 1.50. The zero-order chi connectivity index (χ0) is 15.5. The van der Waals surface area contributed by atoms with Crippen molar-refractivity contribution in [3.05, 3.63) is 64.7 Å². The summed E-state index contributed by atoms with van der Waals surface area (Å²) in [5.41, 5.74) is 1.83. The van der Waals surface area contributed by atoms with Crippen LogP contribution in [0.25, 0.3) is 0 Å². The van der Waals surface area contributed by atoms with Gasteiger partial charge in [0, 0.05) is 19.0 Å². The Balaban J connectivity index is 1.71. The first-order chi connectivity index (χ1) is 10.7. The lowest BCUT2D eigenvalue weighted by atomic mass is 9.98. The predicted molar refractivity (Wildman–Crippen MR) is 87.7 cm³/mol. The van der Waals surface area contributed by atoms with E-state index >= 15 is 0 Å². The van der Waals surface area contributed by atoms with Crippen molar-refractivity contribution in [1.82, 2.24) is 4.90 Å². The Morgan fingerprint density at radius 3 is 2.59 bits per heavy atom. The van der Waals surface area contributed by atoms with E-state index in [9.17, 15) is 4.79 Å². The van der Waals surface area contributed by atoms with E-state index in [-0.39, 0.29) is 5.91 Å². The zero-order valence-electron chi connectivity index (χ0n) is 12.5. The summed E-state index contributed by atoms with van der Waals surface area (Å²) in [5, 5.41) is 0.514. The highest BCUT2D eigenvalue weighted by Gasteiger charge is 2.28. The number of rotatable bonds is 3. The van der Waals surface area contributed by atoms with Gasteiger partial charge in [-0.3, -0.25) is 4.79 Å². The molecule has 0 bridgehead atoms. The van der Waals surface area contributed by atoms with Crippen LogP contribution in [0.3, 0.4) is 0 Å². The van der Waals surface area contributed by atoms with Gasteiger partial charge in [-0.05, 0) is 36.2 Å². The number of hydrogen-bond acceptors (Lipinski definition) is 2. The molecule has 0 spiro atoms. The number of halogens is 1. The van der Waals surface area contributed by atoms with Crippen molar-refractivity contribution in [2.24, 2.45) is 0 Å². The van der Waals surface area contributed by atoms with Crippen LogP contribution < -0.4 is 4.74 Å². The summed E-state index contributed by atoms with van der Waals surface area (Å²) >= 11 is 6.12. The Bertz CT molecular complexity index is 669. The Labute approximate surface area is 135 Å². The van der Waals surface area contributed by atoms with Crippen LogP contribution in [0.5, 0.6) is 5.75 Å². The van der Waals surface area contributed by atoms with Crippen molar-refractivity contribution < 1.29 is 9.53 Å². The maximum atomic E-state index is 12.6. The highest BCUT2D eigenvalue weighted by atomic mass is 35.5. The molecule has 4 heteroatoms. The van der Waals surface area contributed by atoms with Crippen LogP contribution in [0.1, 0.15) is 28.3 Å². The Morgan fingerprint density at radius 1 is 1.18 bits per heavy atom. The molecule has 3 rings (SSSR count). The number of methoxy groups -OCH3 is 1. The Kier molecular flexibility index (Phi) is 4.34. The molecule has 114 valence electrons. The van der Waals surface area contributed by atoms with Crippen molar-refractivity contribution in [1.29, 1.82) is 0 Å². The number of carbonyl (C=O) groups is 1. The molecule has 0 aliphatic carbocycles. The monoisotopic (exact) mass is 315 g/mol. The molecule has 1 aliphatic rings. The molecule has 2 aromatic rings. The van der Waals surface area contributed by atoms with Crippen LogP contribution in [0.15, 0.2) is 48.5 Å². The fourth-order valence-corrected chi connectivity index (χ4v) is 3.11. The SMILES string of the molecule is COc1ccc([C@H]2CCN(C(=O)c3ccccc3Cl)C2)cc1. The molecule has 1 amide bonds. The van der Waals surface area contributed by atoms with Crippen LogP contribution in [-0.2, 0) is 0 Å². The molecule has 0 unspecified atom stereocenters. The summed E-state index contributed by atoms with van der Waals surface area (Å²) in [4.78, 5) is 14.5. The third-order valence-corrected chi connectivity index (χ3v) is 4.50. The number of ether oxygens (including phenoxy) is 1. The van der Waals surface area contributed by atoms with Crippen molar-refractivity contribution in [2.75, 3.05) is 20.2 Å². The highest BCUT2D eigenvalue weighted by molar-refractivity contribution is 6.33. The van der Waals surface area contributed by atoms with Crippen LogP contribution in [-0.4, -0.2) is 31.0 Å². The number of nitrogens with zero attached hydrogens (tertiary/aromatic N) is 1. The third-order valence-electron chi connectivity index (χ3n) is 4.17. The predicted octanol–water partition coefficient (Wildman–Crippen LogP) is 3.98. The van der Waals surface area contributed by atoms with E-state index in [0.29, 0.717) is 16.5 Å². The topological polar surface area (TPSA) is 29.5 Å². The van der Waals surface area contributed by atoms with Gasteiger partial charge < -0.3 is 9.64 Å². The molecule has 0 radical (unpaired) electrons. The largest absolute Gasteiger partial charge is 0.497 e. The highest BCUT2D eigenvalue weighted by Crippen LogP contribution is 2.30. The molecule has 0 saturated carbocycles. The maximum absolute atomic E-state index is 12.6. The second-order valence-electron chi connectivity index (χ2n) is 5.49. The number of carbonyl (C=O) groups excluding carboxylic acids is 1. The van der Waals surface area contributed by atoms with Crippen molar-refractivity contribution in [2.45, 2.75) is 12.3 Å². The zero-order valence-corrected chi connectivity index (χ0v) is 13.2. The van der Waals surface area contributed by atoms with Gasteiger partial charge in [0.05, 0.1) is 17.7 Å². The van der Waals surface area contributed by atoms with Gasteiger partial charge in [-0.25, -0.2) is 0 Å². The van der Waals surface area contributed by atoms with E-state index < -0.39 is 0 Å². The fraction of sp³-hybridized carbons (Fsp3) is 0.278. The molecule has 0 N–H and O–H groups in total. The molecule has 1 aliphatic heterocycles. The molecule has 2 aromatic carbocycles. The summed E-state index contributed by atoms with van der Waals surface area (Å²) < 4.78 is 5.18. The lowest BCUT2D eigenvalue weighted by Crippen LogP contribution is -2.28. The molecule has 22 heavy (non-hydrogen) atoms. The first-order valence-corrected chi connectivity index (χ1v) is 7.74. The first kappa shape index (κ1) is 14.9. The van der Waals surface area contributed by atoms with E-state index in [1.165, 1.54) is 5.56 Å². The first-order valence-electron chi connectivity index (χ1n) is 7.37. The smallest absolute Gasteiger partial charge is 0.255 e. The number of hydrogen-bond donors (Lipinski definition) is 0. The van der Waals surface area contributed by atoms with Crippen LogP contribution in [0, 0.1) is 0 Å². The van der Waals surface area contributed by atoms with Gasteiger partial charge in [0.2, 0.25) is 0 Å². The van der Waals surface area contributed by atoms with E-state index in [0.717, 1.165) is 25.3 Å². The van der Waals surface area contributed by atoms with Gasteiger partial charge in [-0.15, -0.1) is 0 Å². The van der Waals surface area contributed by atoms with Crippen LogP contribution >= 0.6 is 11.6 Å². The summed E-state index contributed by atoms with van der Waals surface area (Å²) in [5.74, 6) is 1.24. The number of likely N-dealkylation sites (tertiary alicyclic amines) is 1. The average Bonchev–Trinajstić information content (AvgIpc) is 3.05. The summed E-state index contributed by atoms with van der Waals surface area (Å²) in [6.07, 6.45) is 0.975. The fourth-order valence-electron chi connectivity index (χ4n) is 2.90. The van der Waals surface area contributed by atoms with E-state index in [4.69, 9.17) is 16.3 Å². The third kappa shape index (κ3) is 2.95. The molecule has 1 atom stereocenters. The van der Waals surface area contributed by atoms with Gasteiger partial charge in [0.25, 0.3) is 5.91 Å². The van der Waals surface area contributed by atoms with E-state index in [2.05, 4.69) is 12.1 Å². The van der Waals surface area contributed by atoms with Gasteiger partial charge in [-0.1, -0.05) is 35.9 Å². The minimum atomic E-state index is 0.0154. The molecule has 1 heterocycles. The lowest BCUT2D eigenvalue weighted by Gasteiger charge is -2.17. The van der Waals surface area contributed by atoms with Gasteiger partial charge in [0.1, 0.15) is 5.75 Å². The van der Waals surface area contributed by atoms with Gasteiger partial charge in [-0.2, -0.15) is 0 Å². The van der Waals surface area contributed by atoms with Crippen molar-refractivity contribution >= 4 is 17.5 Å². The average molecular weight is 316 g/mol. The normalized spacial score (nSPS) is 17.5. The van der Waals surface area contributed by atoms with Crippen LogP contribution in [0.2, 0.25) is 5.02 Å². The standard InChI is InChI=1S/C18H18ClNO2/c1-22-15-8-6-13(7-9-15)14-10-11-20(12-14)18(21)16-4-2-3-5-17(16)19/h2-9,14H,10-12H2,1H3/t14-/m0/s1. The maximum Gasteiger partial charge on any atom is 0.255 e. The Hall–Kier alpha value is -2.00. The molecular formula is C18H18ClNO2. The van der Waals surface area contributed by atoms with Crippen molar-refractivity contribution in [3.63, 3.8) is 0 Å². The minimum absolute atomic E-state index is 0.0154. The number of benzene rings is 2. The summed E-state index contributed by atoms with van der Waals surface area (Å²) in [6, 6.07) is 15.3. The molecule has 1 saturated heterocycles. The molecule has 0 aromatic heterocycles. The van der Waals surface area contributed by atoms with Crippen LogP contribution in [0.4, 0.5) is 0 Å². The number of amides is 1. The van der Waals surface area contributed by atoms with Gasteiger partial charge >= 0.3 is 0 Å². The molecule has 1 fully saturated rings. The molecule has 3 nitrogen and oxygen atoms in total. The Morgan fingerprint density at radius 2 is 1.91 bits per heavy atom. The molecular weight excluding hydrogens is 298 g/mol. The van der Waals surface area contributed by atoms with Crippen molar-refractivity contribution in [3.8, 4) is 5.75 Å².